The van der Waals surface area contributed by atoms with Crippen LogP contribution in [0.3, 0.4) is 0 Å². The maximum absolute atomic E-state index is 12.9. The molecule has 1 atom stereocenters. The van der Waals surface area contributed by atoms with Crippen LogP contribution in [0.1, 0.15) is 49.2 Å². The molecule has 4 nitrogen and oxygen atoms in total. The van der Waals surface area contributed by atoms with Gasteiger partial charge in [-0.3, -0.25) is 9.59 Å². The first-order valence-corrected chi connectivity index (χ1v) is 11.0. The molecule has 0 spiro atoms. The molecule has 0 bridgehead atoms. The largest absolute Gasteiger partial charge is 0.342 e. The van der Waals surface area contributed by atoms with Crippen molar-refractivity contribution in [1.82, 2.24) is 10.6 Å². The van der Waals surface area contributed by atoms with Gasteiger partial charge in [-0.2, -0.15) is 0 Å². The molecule has 2 N–H and O–H groups in total. The van der Waals surface area contributed by atoms with Gasteiger partial charge >= 0.3 is 0 Å². The van der Waals surface area contributed by atoms with Gasteiger partial charge in [0.25, 0.3) is 5.91 Å². The Morgan fingerprint density at radius 3 is 2.10 bits per heavy atom. The smallest absolute Gasteiger partial charge is 0.251 e. The number of hydrogen-bond acceptors (Lipinski definition) is 3. The second kappa shape index (κ2) is 10.4. The Kier molecular flexibility index (Phi) is 7.59. The quantitative estimate of drug-likeness (QED) is 0.521. The van der Waals surface area contributed by atoms with Crippen LogP contribution < -0.4 is 10.6 Å². The molecule has 0 aliphatic heterocycles. The number of Topliss-reactive ketones (excluding diaryl/α,β-unsaturated/α-hetero) is 1. The van der Waals surface area contributed by atoms with Gasteiger partial charge in [0.05, 0.1) is 6.04 Å². The molecule has 0 aromatic heterocycles. The van der Waals surface area contributed by atoms with E-state index in [1.54, 1.807) is 0 Å². The number of fused-ring (bicyclic) bond motifs is 1. The summed E-state index contributed by atoms with van der Waals surface area (Å²) in [6.45, 7) is 8.71. The van der Waals surface area contributed by atoms with Gasteiger partial charge in [0.1, 0.15) is 0 Å². The molecule has 3 rings (SSSR count). The van der Waals surface area contributed by atoms with E-state index in [0.29, 0.717) is 18.0 Å². The molecule has 0 aliphatic carbocycles. The van der Waals surface area contributed by atoms with Crippen LogP contribution in [0, 0.1) is 5.92 Å². The number of benzene rings is 3. The SMILES string of the molecule is CC(C)NCc1ccc(C(=O)N[C@@H](Cc2ccc3ccccc3c2)C(=O)C(C)C)cc1. The van der Waals surface area contributed by atoms with E-state index in [1.165, 1.54) is 0 Å². The highest BCUT2D eigenvalue weighted by Crippen LogP contribution is 2.18. The maximum Gasteiger partial charge on any atom is 0.251 e. The van der Waals surface area contributed by atoms with Gasteiger partial charge in [-0.1, -0.05) is 82.3 Å². The Bertz CT molecular complexity index is 1040. The van der Waals surface area contributed by atoms with Crippen molar-refractivity contribution in [2.24, 2.45) is 5.92 Å². The predicted octanol–water partition coefficient (Wildman–Crippen LogP) is 4.90. The minimum atomic E-state index is -0.559. The highest BCUT2D eigenvalue weighted by atomic mass is 16.2. The summed E-state index contributed by atoms with van der Waals surface area (Å²) < 4.78 is 0. The highest BCUT2D eigenvalue weighted by molar-refractivity contribution is 5.98. The van der Waals surface area contributed by atoms with Crippen molar-refractivity contribution in [1.29, 1.82) is 0 Å². The molecule has 31 heavy (non-hydrogen) atoms. The van der Waals surface area contributed by atoms with Crippen LogP contribution in [-0.4, -0.2) is 23.8 Å². The fourth-order valence-electron chi connectivity index (χ4n) is 3.56. The Labute approximate surface area is 185 Å². The Hall–Kier alpha value is -2.98. The first-order chi connectivity index (χ1) is 14.8. The molecule has 0 radical (unpaired) electrons. The van der Waals surface area contributed by atoms with Gasteiger partial charge < -0.3 is 10.6 Å². The van der Waals surface area contributed by atoms with Crippen LogP contribution in [0.15, 0.2) is 66.7 Å². The monoisotopic (exact) mass is 416 g/mol. The Balaban J connectivity index is 1.74. The molecule has 3 aromatic rings. The van der Waals surface area contributed by atoms with Crippen molar-refractivity contribution in [2.45, 2.75) is 52.7 Å². The summed E-state index contributed by atoms with van der Waals surface area (Å²) in [4.78, 5) is 25.7. The third kappa shape index (κ3) is 6.25. The molecule has 4 heteroatoms. The van der Waals surface area contributed by atoms with E-state index in [0.717, 1.165) is 28.4 Å². The van der Waals surface area contributed by atoms with E-state index in [1.807, 2.05) is 56.3 Å². The fourth-order valence-corrected chi connectivity index (χ4v) is 3.56. The summed E-state index contributed by atoms with van der Waals surface area (Å²) >= 11 is 0. The van der Waals surface area contributed by atoms with E-state index < -0.39 is 6.04 Å². The summed E-state index contributed by atoms with van der Waals surface area (Å²) in [7, 11) is 0. The molecular weight excluding hydrogens is 384 g/mol. The van der Waals surface area contributed by atoms with Gasteiger partial charge in [0, 0.05) is 24.1 Å². The second-order valence-electron chi connectivity index (χ2n) is 8.70. The molecule has 0 saturated heterocycles. The molecule has 0 fully saturated rings. The zero-order valence-electron chi connectivity index (χ0n) is 18.8. The summed E-state index contributed by atoms with van der Waals surface area (Å²) in [6, 6.07) is 21.7. The lowest BCUT2D eigenvalue weighted by Crippen LogP contribution is -2.44. The summed E-state index contributed by atoms with van der Waals surface area (Å²) in [5, 5.41) is 8.63. The average Bonchev–Trinajstić information content (AvgIpc) is 2.76. The van der Waals surface area contributed by atoms with Gasteiger partial charge in [0.15, 0.2) is 5.78 Å². The standard InChI is InChI=1S/C27H32N2O2/c1-18(2)26(30)25(16-21-11-12-22-7-5-6-8-24(22)15-21)29-27(31)23-13-9-20(10-14-23)17-28-19(3)4/h5-15,18-19,25,28H,16-17H2,1-4H3,(H,29,31)/t25-/m0/s1. The van der Waals surface area contributed by atoms with E-state index in [2.05, 4.69) is 48.7 Å². The summed E-state index contributed by atoms with van der Waals surface area (Å²) in [5.41, 5.74) is 2.72. The lowest BCUT2D eigenvalue weighted by molar-refractivity contribution is -0.123. The lowest BCUT2D eigenvalue weighted by Gasteiger charge is -2.20. The van der Waals surface area contributed by atoms with Gasteiger partial charge in [0.2, 0.25) is 0 Å². The first-order valence-electron chi connectivity index (χ1n) is 11.0. The van der Waals surface area contributed by atoms with Gasteiger partial charge in [-0.25, -0.2) is 0 Å². The van der Waals surface area contributed by atoms with Crippen molar-refractivity contribution in [3.8, 4) is 0 Å². The molecule has 1 amide bonds. The molecule has 0 heterocycles. The first kappa shape index (κ1) is 22.7. The minimum Gasteiger partial charge on any atom is -0.342 e. The molecule has 3 aromatic carbocycles. The Morgan fingerprint density at radius 1 is 0.806 bits per heavy atom. The van der Waals surface area contributed by atoms with E-state index >= 15 is 0 Å². The maximum atomic E-state index is 12.9. The van der Waals surface area contributed by atoms with Crippen molar-refractivity contribution < 1.29 is 9.59 Å². The van der Waals surface area contributed by atoms with Crippen molar-refractivity contribution in [2.75, 3.05) is 0 Å². The van der Waals surface area contributed by atoms with Crippen LogP contribution in [-0.2, 0) is 17.8 Å². The normalized spacial score (nSPS) is 12.3. The lowest BCUT2D eigenvalue weighted by atomic mass is 9.94. The van der Waals surface area contributed by atoms with Crippen molar-refractivity contribution in [3.05, 3.63) is 83.4 Å². The van der Waals surface area contributed by atoms with Crippen LogP contribution in [0.2, 0.25) is 0 Å². The summed E-state index contributed by atoms with van der Waals surface area (Å²) in [5.74, 6) is -0.335. The van der Waals surface area contributed by atoms with Crippen LogP contribution in [0.4, 0.5) is 0 Å². The second-order valence-corrected chi connectivity index (χ2v) is 8.70. The molecular formula is C27H32N2O2. The number of rotatable bonds is 9. The van der Waals surface area contributed by atoms with E-state index in [9.17, 15) is 9.59 Å². The van der Waals surface area contributed by atoms with Crippen molar-refractivity contribution >= 4 is 22.5 Å². The average molecular weight is 417 g/mol. The third-order valence-electron chi connectivity index (χ3n) is 5.40. The zero-order valence-corrected chi connectivity index (χ0v) is 18.8. The van der Waals surface area contributed by atoms with Gasteiger partial charge in [-0.05, 0) is 40.5 Å². The van der Waals surface area contributed by atoms with Crippen LogP contribution >= 0.6 is 0 Å². The van der Waals surface area contributed by atoms with E-state index in [-0.39, 0.29) is 17.6 Å². The van der Waals surface area contributed by atoms with Gasteiger partial charge in [-0.15, -0.1) is 0 Å². The van der Waals surface area contributed by atoms with E-state index in [4.69, 9.17) is 0 Å². The number of amides is 1. The number of carbonyl (C=O) groups is 2. The van der Waals surface area contributed by atoms with Crippen LogP contribution in [0.25, 0.3) is 10.8 Å². The third-order valence-corrected chi connectivity index (χ3v) is 5.40. The van der Waals surface area contributed by atoms with Crippen molar-refractivity contribution in [3.63, 3.8) is 0 Å². The van der Waals surface area contributed by atoms with Crippen LogP contribution in [0.5, 0.6) is 0 Å². The molecule has 162 valence electrons. The zero-order chi connectivity index (χ0) is 22.4. The summed E-state index contributed by atoms with van der Waals surface area (Å²) in [6.07, 6.45) is 0.476. The molecule has 0 unspecified atom stereocenters. The number of carbonyl (C=O) groups excluding carboxylic acids is 2. The number of nitrogens with one attached hydrogen (secondary N) is 2. The number of hydrogen-bond donors (Lipinski definition) is 2. The highest BCUT2D eigenvalue weighted by Gasteiger charge is 2.24. The predicted molar refractivity (Wildman–Crippen MR) is 127 cm³/mol. The fraction of sp³-hybridized carbons (Fsp3) is 0.333. The Morgan fingerprint density at radius 2 is 1.45 bits per heavy atom. The molecule has 0 saturated carbocycles. The topological polar surface area (TPSA) is 58.2 Å². The minimum absolute atomic E-state index is 0.0410. The number of ketones is 1. The molecule has 0 aliphatic rings.